The van der Waals surface area contributed by atoms with Crippen molar-refractivity contribution < 1.29 is 0 Å². The molecule has 0 bridgehead atoms. The number of rotatable bonds is 2. The monoisotopic (exact) mass is 219 g/mol. The van der Waals surface area contributed by atoms with E-state index in [1.54, 1.807) is 0 Å². The highest BCUT2D eigenvalue weighted by molar-refractivity contribution is 6.31. The Morgan fingerprint density at radius 3 is 2.67 bits per heavy atom. The fourth-order valence-corrected chi connectivity index (χ4v) is 2.42. The van der Waals surface area contributed by atoms with Gasteiger partial charge in [0, 0.05) is 0 Å². The van der Waals surface area contributed by atoms with Gasteiger partial charge in [-0.2, -0.15) is 5.26 Å². The lowest BCUT2D eigenvalue weighted by Crippen LogP contribution is -1.92. The third-order valence-corrected chi connectivity index (χ3v) is 3.55. The fourth-order valence-electron chi connectivity index (χ4n) is 2.19. The summed E-state index contributed by atoms with van der Waals surface area (Å²) in [5.41, 5.74) is 1.86. The van der Waals surface area contributed by atoms with Gasteiger partial charge in [0.1, 0.15) is 6.07 Å². The average Bonchev–Trinajstić information content (AvgIpc) is 2.97. The number of nitrogens with zero attached hydrogens (tertiary/aromatic N) is 1. The van der Waals surface area contributed by atoms with E-state index in [4.69, 9.17) is 16.9 Å². The summed E-state index contributed by atoms with van der Waals surface area (Å²) in [5, 5.41) is 9.36. The molecule has 15 heavy (non-hydrogen) atoms. The first kappa shape index (κ1) is 10.5. The molecule has 1 aliphatic rings. The molecule has 2 rings (SSSR count). The van der Waals surface area contributed by atoms with Crippen molar-refractivity contribution in [2.45, 2.75) is 26.2 Å². The zero-order chi connectivity index (χ0) is 11.0. The van der Waals surface area contributed by atoms with Crippen molar-refractivity contribution in [1.29, 1.82) is 5.26 Å². The lowest BCUT2D eigenvalue weighted by atomic mass is 10.0. The van der Waals surface area contributed by atoms with Crippen molar-refractivity contribution in [2.75, 3.05) is 0 Å². The van der Waals surface area contributed by atoms with E-state index in [2.05, 4.69) is 19.9 Å². The molecule has 1 fully saturated rings. The van der Waals surface area contributed by atoms with Crippen molar-refractivity contribution >= 4 is 11.6 Å². The molecule has 0 aromatic heterocycles. The molecule has 0 aliphatic heterocycles. The standard InChI is InChI=1S/C13H14ClN/c1-8(2)11-6-12(11)9-3-4-10(7-15)13(14)5-9/h3-5,8,11-12H,6H2,1-2H3/t11-,12-/m1/s1. The van der Waals surface area contributed by atoms with Crippen LogP contribution in [0.2, 0.25) is 5.02 Å². The molecule has 0 amide bonds. The first-order valence-electron chi connectivity index (χ1n) is 5.33. The van der Waals surface area contributed by atoms with Crippen LogP contribution in [0, 0.1) is 23.2 Å². The second-order valence-electron chi connectivity index (χ2n) is 4.60. The fraction of sp³-hybridized carbons (Fsp3) is 0.462. The Balaban J connectivity index is 2.19. The van der Waals surface area contributed by atoms with Crippen LogP contribution in [0.25, 0.3) is 0 Å². The van der Waals surface area contributed by atoms with Crippen LogP contribution in [0.15, 0.2) is 18.2 Å². The third-order valence-electron chi connectivity index (χ3n) is 3.24. The molecule has 2 heteroatoms. The lowest BCUT2D eigenvalue weighted by Gasteiger charge is -2.04. The summed E-state index contributed by atoms with van der Waals surface area (Å²) in [7, 11) is 0. The number of hydrogen-bond donors (Lipinski definition) is 0. The quantitative estimate of drug-likeness (QED) is 0.739. The second kappa shape index (κ2) is 3.87. The van der Waals surface area contributed by atoms with Gasteiger partial charge in [-0.05, 0) is 41.9 Å². The summed E-state index contributed by atoms with van der Waals surface area (Å²) < 4.78 is 0. The summed E-state index contributed by atoms with van der Waals surface area (Å²) in [5.74, 6) is 2.20. The Morgan fingerprint density at radius 2 is 2.20 bits per heavy atom. The molecule has 1 saturated carbocycles. The smallest absolute Gasteiger partial charge is 0.101 e. The lowest BCUT2D eigenvalue weighted by molar-refractivity contribution is 0.549. The van der Waals surface area contributed by atoms with Crippen LogP contribution >= 0.6 is 11.6 Å². The number of nitriles is 1. The van der Waals surface area contributed by atoms with E-state index in [9.17, 15) is 0 Å². The minimum atomic E-state index is 0.571. The highest BCUT2D eigenvalue weighted by Crippen LogP contribution is 2.52. The molecule has 0 unspecified atom stereocenters. The molecule has 0 radical (unpaired) electrons. The molecule has 0 saturated heterocycles. The Hall–Kier alpha value is -1.00. The SMILES string of the molecule is CC(C)[C@H]1C[C@@H]1c1ccc(C#N)c(Cl)c1. The molecule has 0 heterocycles. The Bertz CT molecular complexity index is 417. The van der Waals surface area contributed by atoms with Gasteiger partial charge in [0.2, 0.25) is 0 Å². The highest BCUT2D eigenvalue weighted by Gasteiger charge is 2.40. The van der Waals surface area contributed by atoms with Gasteiger partial charge in [0.25, 0.3) is 0 Å². The van der Waals surface area contributed by atoms with Gasteiger partial charge in [0.05, 0.1) is 10.6 Å². The molecule has 1 aromatic carbocycles. The van der Waals surface area contributed by atoms with Gasteiger partial charge >= 0.3 is 0 Å². The first-order chi connectivity index (χ1) is 7.13. The predicted molar refractivity (Wildman–Crippen MR) is 61.9 cm³/mol. The molecule has 78 valence electrons. The van der Waals surface area contributed by atoms with E-state index in [-0.39, 0.29) is 0 Å². The van der Waals surface area contributed by atoms with Crippen LogP contribution in [-0.4, -0.2) is 0 Å². The summed E-state index contributed by atoms with van der Waals surface area (Å²) >= 11 is 6.01. The number of hydrogen-bond acceptors (Lipinski definition) is 1. The van der Waals surface area contributed by atoms with E-state index >= 15 is 0 Å². The van der Waals surface area contributed by atoms with Gasteiger partial charge < -0.3 is 0 Å². The van der Waals surface area contributed by atoms with E-state index in [1.165, 1.54) is 12.0 Å². The predicted octanol–water partition coefficient (Wildman–Crippen LogP) is 3.97. The summed E-state index contributed by atoms with van der Waals surface area (Å²) in [6.07, 6.45) is 1.26. The highest BCUT2D eigenvalue weighted by atomic mass is 35.5. The maximum absolute atomic E-state index is 8.77. The molecular formula is C13H14ClN. The van der Waals surface area contributed by atoms with Crippen molar-refractivity contribution in [2.24, 2.45) is 11.8 Å². The molecule has 0 N–H and O–H groups in total. The normalized spacial score (nSPS) is 23.9. The van der Waals surface area contributed by atoms with E-state index in [0.717, 1.165) is 11.8 Å². The van der Waals surface area contributed by atoms with Gasteiger partial charge in [-0.25, -0.2) is 0 Å². The van der Waals surface area contributed by atoms with E-state index in [1.807, 2.05) is 18.2 Å². The molecule has 2 atom stereocenters. The van der Waals surface area contributed by atoms with E-state index < -0.39 is 0 Å². The Morgan fingerprint density at radius 1 is 1.47 bits per heavy atom. The maximum Gasteiger partial charge on any atom is 0.101 e. The third kappa shape index (κ3) is 2.01. The minimum Gasteiger partial charge on any atom is -0.192 e. The summed E-state index contributed by atoms with van der Waals surface area (Å²) in [6.45, 7) is 4.52. The van der Waals surface area contributed by atoms with E-state index in [0.29, 0.717) is 16.5 Å². The largest absolute Gasteiger partial charge is 0.192 e. The van der Waals surface area contributed by atoms with Crippen molar-refractivity contribution in [3.63, 3.8) is 0 Å². The first-order valence-corrected chi connectivity index (χ1v) is 5.71. The minimum absolute atomic E-state index is 0.571. The average molecular weight is 220 g/mol. The van der Waals surface area contributed by atoms with Crippen LogP contribution in [0.3, 0.4) is 0 Å². The van der Waals surface area contributed by atoms with Gasteiger partial charge in [0.15, 0.2) is 0 Å². The molecule has 1 aromatic rings. The summed E-state index contributed by atoms with van der Waals surface area (Å²) in [6, 6.07) is 7.90. The zero-order valence-electron chi connectivity index (χ0n) is 9.00. The summed E-state index contributed by atoms with van der Waals surface area (Å²) in [4.78, 5) is 0. The van der Waals surface area contributed by atoms with Crippen molar-refractivity contribution in [3.8, 4) is 6.07 Å². The van der Waals surface area contributed by atoms with Crippen LogP contribution in [0.5, 0.6) is 0 Å². The van der Waals surface area contributed by atoms with Crippen molar-refractivity contribution in [1.82, 2.24) is 0 Å². The Kier molecular flexibility index (Phi) is 2.71. The molecule has 1 aliphatic carbocycles. The Labute approximate surface area is 95.7 Å². The maximum atomic E-state index is 8.77. The van der Waals surface area contributed by atoms with Gasteiger partial charge in [-0.15, -0.1) is 0 Å². The molecular weight excluding hydrogens is 206 g/mol. The zero-order valence-corrected chi connectivity index (χ0v) is 9.75. The van der Waals surface area contributed by atoms with Gasteiger partial charge in [-0.3, -0.25) is 0 Å². The number of benzene rings is 1. The van der Waals surface area contributed by atoms with Crippen molar-refractivity contribution in [3.05, 3.63) is 34.3 Å². The topological polar surface area (TPSA) is 23.8 Å². The van der Waals surface area contributed by atoms with Crippen LogP contribution in [-0.2, 0) is 0 Å². The van der Waals surface area contributed by atoms with Crippen LogP contribution in [0.1, 0.15) is 37.3 Å². The van der Waals surface area contributed by atoms with Crippen LogP contribution in [0.4, 0.5) is 0 Å². The number of halogens is 1. The second-order valence-corrected chi connectivity index (χ2v) is 5.01. The molecule has 0 spiro atoms. The molecule has 1 nitrogen and oxygen atoms in total. The van der Waals surface area contributed by atoms with Crippen LogP contribution < -0.4 is 0 Å². The van der Waals surface area contributed by atoms with Gasteiger partial charge in [-0.1, -0.05) is 31.5 Å².